The molecule has 3 aromatic rings. The Kier molecular flexibility index (Phi) is 6.85. The number of halogens is 1. The van der Waals surface area contributed by atoms with E-state index in [-0.39, 0.29) is 5.82 Å². The van der Waals surface area contributed by atoms with Gasteiger partial charge in [0.05, 0.1) is 5.52 Å². The van der Waals surface area contributed by atoms with Gasteiger partial charge in [-0.3, -0.25) is 4.90 Å². The van der Waals surface area contributed by atoms with Crippen LogP contribution in [0.2, 0.25) is 0 Å². The molecule has 0 aliphatic carbocycles. The molecule has 7 heteroatoms. The highest BCUT2D eigenvalue weighted by Gasteiger charge is 2.43. The van der Waals surface area contributed by atoms with Gasteiger partial charge in [-0.05, 0) is 125 Å². The number of imidazole rings is 1. The number of hydrogen-bond donors (Lipinski definition) is 0. The molecule has 198 valence electrons. The van der Waals surface area contributed by atoms with E-state index < -0.39 is 11.2 Å². The van der Waals surface area contributed by atoms with Gasteiger partial charge >= 0.3 is 0 Å². The largest absolute Gasteiger partial charge is 0.612 e. The van der Waals surface area contributed by atoms with Crippen molar-refractivity contribution in [1.82, 2.24) is 19.4 Å². The van der Waals surface area contributed by atoms with Crippen LogP contribution < -0.4 is 0 Å². The predicted octanol–water partition coefficient (Wildman–Crippen LogP) is 5.70. The van der Waals surface area contributed by atoms with Crippen LogP contribution in [-0.2, 0) is 18.2 Å². The van der Waals surface area contributed by atoms with Crippen LogP contribution in [0.5, 0.6) is 0 Å². The van der Waals surface area contributed by atoms with Crippen LogP contribution >= 0.6 is 0 Å². The number of aryl methyl sites for hydroxylation is 1. The average Bonchev–Trinajstić information content (AvgIpc) is 3.37. The van der Waals surface area contributed by atoms with Crippen molar-refractivity contribution in [3.05, 3.63) is 47.8 Å². The number of benzene rings is 2. The van der Waals surface area contributed by atoms with Crippen LogP contribution in [0.3, 0.4) is 0 Å². The zero-order chi connectivity index (χ0) is 25.8. The summed E-state index contributed by atoms with van der Waals surface area (Å²) >= 11 is -1.03. The Hall–Kier alpha value is -1.93. The number of piperidine rings is 2. The van der Waals surface area contributed by atoms with Gasteiger partial charge < -0.3 is 14.0 Å². The van der Waals surface area contributed by atoms with Gasteiger partial charge in [0.2, 0.25) is 0 Å². The maximum absolute atomic E-state index is 15.4. The molecule has 2 bridgehead atoms. The second-order valence-electron chi connectivity index (χ2n) is 11.7. The molecular weight excluding hydrogens is 483 g/mol. The summed E-state index contributed by atoms with van der Waals surface area (Å²) in [4.78, 5) is 11.1. The zero-order valence-corrected chi connectivity index (χ0v) is 23.3. The van der Waals surface area contributed by atoms with Crippen molar-refractivity contribution < 1.29 is 8.94 Å². The summed E-state index contributed by atoms with van der Waals surface area (Å²) in [6, 6.07) is 14.3. The SMILES string of the molecule is CC(C)N1C2CCC1CC(N1CCC(c3cc(F)c4c(c3)nc(-c3ccc([S+](C)[O-])cc3)n4C)CC1)C2. The molecule has 3 fully saturated rings. The standard InChI is InChI=1S/C30H39FN4OS/c1-19(2)35-23-7-8-24(35)18-25(17-23)34-13-11-20(12-14-34)22-15-27(31)29-28(16-22)32-30(33(29)3)21-5-9-26(10-6-21)37(4)36/h5-6,9-10,15-16,19-20,23-25H,7-8,11-14,17-18H2,1-4H3. The summed E-state index contributed by atoms with van der Waals surface area (Å²) < 4.78 is 29.0. The molecule has 3 atom stereocenters. The topological polar surface area (TPSA) is 47.4 Å². The molecule has 0 spiro atoms. The van der Waals surface area contributed by atoms with Gasteiger partial charge in [-0.25, -0.2) is 9.37 Å². The first kappa shape index (κ1) is 25.4. The van der Waals surface area contributed by atoms with E-state index in [9.17, 15) is 4.55 Å². The highest BCUT2D eigenvalue weighted by atomic mass is 32.2. The first-order valence-electron chi connectivity index (χ1n) is 13.9. The number of fused-ring (bicyclic) bond motifs is 3. The van der Waals surface area contributed by atoms with Gasteiger partial charge in [0.25, 0.3) is 0 Å². The van der Waals surface area contributed by atoms with Crippen LogP contribution in [0.15, 0.2) is 41.3 Å². The highest BCUT2D eigenvalue weighted by Crippen LogP contribution is 2.41. The molecule has 1 aromatic heterocycles. The van der Waals surface area contributed by atoms with E-state index >= 15 is 4.39 Å². The Morgan fingerprint density at radius 1 is 0.973 bits per heavy atom. The number of aromatic nitrogens is 2. The third kappa shape index (κ3) is 4.62. The van der Waals surface area contributed by atoms with Gasteiger partial charge in [-0.2, -0.15) is 0 Å². The Morgan fingerprint density at radius 3 is 2.22 bits per heavy atom. The molecule has 3 unspecified atom stereocenters. The zero-order valence-electron chi connectivity index (χ0n) is 22.5. The van der Waals surface area contributed by atoms with Crippen molar-refractivity contribution in [1.29, 1.82) is 0 Å². The molecular formula is C30H39FN4OS. The fourth-order valence-corrected chi connectivity index (χ4v) is 8.05. The van der Waals surface area contributed by atoms with Gasteiger partial charge in [-0.1, -0.05) is 0 Å². The Morgan fingerprint density at radius 2 is 1.62 bits per heavy atom. The Labute approximate surface area is 223 Å². The lowest BCUT2D eigenvalue weighted by molar-refractivity contribution is 0.0298. The number of hydrogen-bond acceptors (Lipinski definition) is 4. The van der Waals surface area contributed by atoms with E-state index in [0.717, 1.165) is 65.4 Å². The molecule has 37 heavy (non-hydrogen) atoms. The van der Waals surface area contributed by atoms with Gasteiger partial charge in [0.15, 0.2) is 4.90 Å². The minimum atomic E-state index is -1.03. The van der Waals surface area contributed by atoms with E-state index in [2.05, 4.69) is 29.7 Å². The van der Waals surface area contributed by atoms with Crippen LogP contribution in [-0.4, -0.2) is 67.4 Å². The van der Waals surface area contributed by atoms with Crippen molar-refractivity contribution in [3.63, 3.8) is 0 Å². The van der Waals surface area contributed by atoms with E-state index in [1.54, 1.807) is 12.3 Å². The first-order chi connectivity index (χ1) is 17.8. The molecule has 0 radical (unpaired) electrons. The smallest absolute Gasteiger partial charge is 0.152 e. The molecule has 5 nitrogen and oxygen atoms in total. The minimum absolute atomic E-state index is 0.194. The van der Waals surface area contributed by atoms with Crippen molar-refractivity contribution >= 4 is 22.2 Å². The Balaban J connectivity index is 1.17. The lowest BCUT2D eigenvalue weighted by Crippen LogP contribution is -2.53. The second kappa shape index (κ2) is 9.99. The summed E-state index contributed by atoms with van der Waals surface area (Å²) in [5, 5.41) is 0. The lowest BCUT2D eigenvalue weighted by atomic mass is 9.86. The molecule has 0 amide bonds. The maximum atomic E-state index is 15.4. The predicted molar refractivity (Wildman–Crippen MR) is 149 cm³/mol. The van der Waals surface area contributed by atoms with E-state index in [0.29, 0.717) is 23.5 Å². The van der Waals surface area contributed by atoms with Crippen LogP contribution in [0.4, 0.5) is 4.39 Å². The van der Waals surface area contributed by atoms with Crippen LogP contribution in [0.1, 0.15) is 63.9 Å². The minimum Gasteiger partial charge on any atom is -0.612 e. The second-order valence-corrected chi connectivity index (χ2v) is 13.1. The lowest BCUT2D eigenvalue weighted by Gasteiger charge is -2.46. The molecule has 3 aliphatic rings. The van der Waals surface area contributed by atoms with Gasteiger partial charge in [0, 0.05) is 36.8 Å². The third-order valence-corrected chi connectivity index (χ3v) is 10.2. The Bertz CT molecular complexity index is 1250. The van der Waals surface area contributed by atoms with Crippen molar-refractivity contribution in [2.75, 3.05) is 19.3 Å². The van der Waals surface area contributed by atoms with Crippen molar-refractivity contribution in [3.8, 4) is 11.4 Å². The maximum Gasteiger partial charge on any atom is 0.152 e. The summed E-state index contributed by atoms with van der Waals surface area (Å²) in [6.07, 6.45) is 9.19. The summed E-state index contributed by atoms with van der Waals surface area (Å²) in [5.74, 6) is 0.920. The molecule has 6 rings (SSSR count). The normalized spacial score (nSPS) is 26.4. The summed E-state index contributed by atoms with van der Waals surface area (Å²) in [5.41, 5.74) is 3.25. The quantitative estimate of drug-likeness (QED) is 0.403. The van der Waals surface area contributed by atoms with Crippen LogP contribution in [0, 0.1) is 5.82 Å². The van der Waals surface area contributed by atoms with E-state index in [1.807, 2.05) is 35.9 Å². The van der Waals surface area contributed by atoms with Crippen molar-refractivity contribution in [2.45, 2.75) is 87.4 Å². The molecule has 0 N–H and O–H groups in total. The van der Waals surface area contributed by atoms with Crippen LogP contribution in [0.25, 0.3) is 22.4 Å². The van der Waals surface area contributed by atoms with Gasteiger partial charge in [0.1, 0.15) is 23.4 Å². The van der Waals surface area contributed by atoms with E-state index in [4.69, 9.17) is 4.98 Å². The number of rotatable bonds is 5. The van der Waals surface area contributed by atoms with Crippen molar-refractivity contribution in [2.24, 2.45) is 7.05 Å². The molecule has 3 aliphatic heterocycles. The fourth-order valence-electron chi connectivity index (χ4n) is 7.53. The number of nitrogens with zero attached hydrogens (tertiary/aromatic N) is 4. The first-order valence-corrected chi connectivity index (χ1v) is 15.5. The molecule has 0 saturated carbocycles. The molecule has 4 heterocycles. The van der Waals surface area contributed by atoms with Gasteiger partial charge in [-0.15, -0.1) is 0 Å². The number of likely N-dealkylation sites (tertiary alicyclic amines) is 1. The highest BCUT2D eigenvalue weighted by molar-refractivity contribution is 7.90. The third-order valence-electron chi connectivity index (χ3n) is 9.27. The average molecular weight is 523 g/mol. The molecule has 2 aromatic carbocycles. The summed E-state index contributed by atoms with van der Waals surface area (Å²) in [6.45, 7) is 6.91. The molecule has 3 saturated heterocycles. The monoisotopic (exact) mass is 522 g/mol. The summed E-state index contributed by atoms with van der Waals surface area (Å²) in [7, 11) is 1.87. The fraction of sp³-hybridized carbons (Fsp3) is 0.567. The van der Waals surface area contributed by atoms with E-state index in [1.165, 1.54) is 25.7 Å².